The Hall–Kier alpha value is -1.12. The summed E-state index contributed by atoms with van der Waals surface area (Å²) in [5.74, 6) is 0. The summed E-state index contributed by atoms with van der Waals surface area (Å²) in [7, 11) is 0. The van der Waals surface area contributed by atoms with Crippen LogP contribution in [0.25, 0.3) is 0 Å². The molecule has 0 atom stereocenters. The molecule has 3 heteroatoms. The Morgan fingerprint density at radius 1 is 1.00 bits per heavy atom. The molecule has 0 aliphatic heterocycles. The van der Waals surface area contributed by atoms with Gasteiger partial charge in [0.05, 0.1) is 0 Å². The van der Waals surface area contributed by atoms with Gasteiger partial charge in [-0.1, -0.05) is 12.5 Å². The second-order valence-corrected chi connectivity index (χ2v) is 2.10. The van der Waals surface area contributed by atoms with Crippen molar-refractivity contribution in [2.45, 2.75) is 6.18 Å². The minimum atomic E-state index is -4.22. The molecule has 0 unspecified atom stereocenters. The molecule has 0 heterocycles. The minimum absolute atomic E-state index is 0.181. The van der Waals surface area contributed by atoms with Crippen LogP contribution in [0.5, 0.6) is 0 Å². The van der Waals surface area contributed by atoms with Crippen molar-refractivity contribution in [1.29, 1.82) is 0 Å². The molecule has 0 N–H and O–H groups in total. The molecule has 0 bridgehead atoms. The maximum Gasteiger partial charge on any atom is 0.364 e. The first kappa shape index (κ1) is 7.98. The molecule has 0 spiro atoms. The molecule has 1 rings (SSSR count). The number of alkyl halides is 3. The van der Waals surface area contributed by atoms with E-state index in [0.717, 1.165) is 0 Å². The molecule has 60 valence electrons. The number of rotatable bonds is 1. The molecule has 0 aliphatic rings. The van der Waals surface area contributed by atoms with Crippen LogP contribution in [-0.2, 0) is 0 Å². The number of halogens is 3. The van der Waals surface area contributed by atoms with Gasteiger partial charge in [-0.05, 0) is 0 Å². The molecule has 0 aliphatic carbocycles. The molecule has 0 nitrogen and oxygen atoms in total. The summed E-state index contributed by atoms with van der Waals surface area (Å²) in [4.78, 5) is 0. The largest absolute Gasteiger partial charge is 0.364 e. The highest BCUT2D eigenvalue weighted by molar-refractivity contribution is 5.23. The normalized spacial score (nSPS) is 11.2. The highest BCUT2D eigenvalue weighted by atomic mass is 19.4. The van der Waals surface area contributed by atoms with Crippen LogP contribution in [0.15, 0.2) is 30.3 Å². The summed E-state index contributed by atoms with van der Waals surface area (Å²) in [5, 5.41) is 0. The Bertz CT molecular complexity index is 213. The zero-order valence-electron chi connectivity index (χ0n) is 5.60. The fourth-order valence-electron chi connectivity index (χ4n) is 0.738. The van der Waals surface area contributed by atoms with Crippen LogP contribution in [0.3, 0.4) is 0 Å². The van der Waals surface area contributed by atoms with E-state index in [-0.39, 0.29) is 12.0 Å². The monoisotopic (exact) mass is 159 g/mol. The van der Waals surface area contributed by atoms with E-state index in [2.05, 4.69) is 0 Å². The third kappa shape index (κ3) is 2.98. The van der Waals surface area contributed by atoms with E-state index >= 15 is 0 Å². The summed E-state index contributed by atoms with van der Waals surface area (Å²) < 4.78 is 35.1. The van der Waals surface area contributed by atoms with E-state index in [1.165, 1.54) is 12.1 Å². The first-order valence-electron chi connectivity index (χ1n) is 3.05. The topological polar surface area (TPSA) is 0 Å². The van der Waals surface area contributed by atoms with Crippen molar-refractivity contribution in [2.24, 2.45) is 0 Å². The van der Waals surface area contributed by atoms with Crippen molar-refractivity contribution in [1.82, 2.24) is 0 Å². The second kappa shape index (κ2) is 2.86. The maximum absolute atomic E-state index is 11.7. The van der Waals surface area contributed by atoms with Crippen LogP contribution >= 0.6 is 0 Å². The van der Waals surface area contributed by atoms with Crippen LogP contribution in [0.1, 0.15) is 5.56 Å². The van der Waals surface area contributed by atoms with Gasteiger partial charge in [-0.15, -0.1) is 12.1 Å². The fraction of sp³-hybridized carbons (Fsp3) is 0.125. The molecular weight excluding hydrogens is 153 g/mol. The van der Waals surface area contributed by atoms with Crippen LogP contribution in [0.4, 0.5) is 13.2 Å². The molecule has 0 radical (unpaired) electrons. The molecule has 0 saturated heterocycles. The van der Waals surface area contributed by atoms with E-state index in [1.54, 1.807) is 18.2 Å². The Balaban J connectivity index is 2.66. The molecule has 0 amide bonds. The van der Waals surface area contributed by atoms with E-state index in [0.29, 0.717) is 0 Å². The Kier molecular flexibility index (Phi) is 2.08. The molecule has 1 aromatic carbocycles. The van der Waals surface area contributed by atoms with Crippen molar-refractivity contribution in [3.8, 4) is 0 Å². The summed E-state index contributed by atoms with van der Waals surface area (Å²) in [6, 6.07) is 7.63. The van der Waals surface area contributed by atoms with Crippen LogP contribution in [-0.4, -0.2) is 6.18 Å². The molecule has 0 fully saturated rings. The van der Waals surface area contributed by atoms with Crippen LogP contribution in [0.2, 0.25) is 0 Å². The van der Waals surface area contributed by atoms with Crippen molar-refractivity contribution in [2.75, 3.05) is 0 Å². The molecule has 0 aromatic heterocycles. The smallest absolute Gasteiger partial charge is 0.184 e. The van der Waals surface area contributed by atoms with E-state index < -0.39 is 6.18 Å². The predicted octanol–water partition coefficient (Wildman–Crippen LogP) is 2.80. The Morgan fingerprint density at radius 3 is 2.00 bits per heavy atom. The SMILES string of the molecule is FC(F)(F)[CH-]c1ccccc1. The number of benzene rings is 1. The van der Waals surface area contributed by atoms with Crippen molar-refractivity contribution < 1.29 is 13.2 Å². The zero-order valence-corrected chi connectivity index (χ0v) is 5.60. The first-order valence-corrected chi connectivity index (χ1v) is 3.05. The molecule has 11 heavy (non-hydrogen) atoms. The third-order valence-corrected chi connectivity index (χ3v) is 1.13. The summed E-state index contributed by atoms with van der Waals surface area (Å²) in [5.41, 5.74) is 0.181. The highest BCUT2D eigenvalue weighted by Gasteiger charge is 2.21. The highest BCUT2D eigenvalue weighted by Crippen LogP contribution is 2.22. The number of hydrogen-bond donors (Lipinski definition) is 0. The maximum atomic E-state index is 11.7. The minimum Gasteiger partial charge on any atom is -0.184 e. The van der Waals surface area contributed by atoms with Crippen LogP contribution < -0.4 is 0 Å². The van der Waals surface area contributed by atoms with Gasteiger partial charge in [-0.2, -0.15) is 30.9 Å². The average molecular weight is 159 g/mol. The van der Waals surface area contributed by atoms with Gasteiger partial charge in [0.25, 0.3) is 0 Å². The van der Waals surface area contributed by atoms with E-state index in [4.69, 9.17) is 0 Å². The lowest BCUT2D eigenvalue weighted by Crippen LogP contribution is -2.08. The van der Waals surface area contributed by atoms with Crippen molar-refractivity contribution in [3.05, 3.63) is 42.3 Å². The molecule has 0 saturated carbocycles. The lowest BCUT2D eigenvalue weighted by atomic mass is 10.1. The number of hydrogen-bond acceptors (Lipinski definition) is 0. The quantitative estimate of drug-likeness (QED) is 0.552. The predicted molar refractivity (Wildman–Crippen MR) is 35.9 cm³/mol. The van der Waals surface area contributed by atoms with Gasteiger partial charge in [0.2, 0.25) is 0 Å². The lowest BCUT2D eigenvalue weighted by Gasteiger charge is -2.12. The second-order valence-electron chi connectivity index (χ2n) is 2.10. The lowest BCUT2D eigenvalue weighted by molar-refractivity contribution is -0.0927. The van der Waals surface area contributed by atoms with Gasteiger partial charge < -0.3 is 0 Å². The summed E-state index contributed by atoms with van der Waals surface area (Å²) in [6.07, 6.45) is -3.95. The van der Waals surface area contributed by atoms with Gasteiger partial charge in [-0.3, -0.25) is 0 Å². The van der Waals surface area contributed by atoms with Crippen LogP contribution in [0, 0.1) is 6.42 Å². The van der Waals surface area contributed by atoms with Gasteiger partial charge in [0.15, 0.2) is 0 Å². The van der Waals surface area contributed by atoms with Gasteiger partial charge in [-0.25, -0.2) is 0 Å². The van der Waals surface area contributed by atoms with E-state index in [9.17, 15) is 13.2 Å². The Labute approximate surface area is 62.7 Å². The Morgan fingerprint density at radius 2 is 1.55 bits per heavy atom. The van der Waals surface area contributed by atoms with E-state index in [1.807, 2.05) is 0 Å². The van der Waals surface area contributed by atoms with Crippen molar-refractivity contribution >= 4 is 0 Å². The standard InChI is InChI=1S/C8H6F3/c9-8(10,11)6-7-4-2-1-3-5-7/h1-6H/q-1. The summed E-state index contributed by atoms with van der Waals surface area (Å²) in [6.45, 7) is 0. The van der Waals surface area contributed by atoms with Gasteiger partial charge in [0.1, 0.15) is 0 Å². The fourth-order valence-corrected chi connectivity index (χ4v) is 0.738. The first-order chi connectivity index (χ1) is 5.08. The van der Waals surface area contributed by atoms with Gasteiger partial charge in [0, 0.05) is 0 Å². The third-order valence-electron chi connectivity index (χ3n) is 1.13. The van der Waals surface area contributed by atoms with Crippen molar-refractivity contribution in [3.63, 3.8) is 0 Å². The van der Waals surface area contributed by atoms with Gasteiger partial charge >= 0.3 is 6.18 Å². The average Bonchev–Trinajstić information content (AvgIpc) is 1.85. The molecule has 1 aromatic rings. The molecular formula is C8H6F3-. The zero-order chi connectivity index (χ0) is 8.32. The summed E-state index contributed by atoms with van der Waals surface area (Å²) >= 11 is 0.